The number of fused-ring (bicyclic) bond motifs is 1. The maximum atomic E-state index is 13.8. The van der Waals surface area contributed by atoms with E-state index in [1.807, 2.05) is 0 Å². The number of hydrogen-bond acceptors (Lipinski definition) is 4. The van der Waals surface area contributed by atoms with Gasteiger partial charge in [-0.3, -0.25) is 0 Å². The summed E-state index contributed by atoms with van der Waals surface area (Å²) < 4.78 is 24.4. The zero-order valence-electron chi connectivity index (χ0n) is 11.4. The van der Waals surface area contributed by atoms with Crippen LogP contribution in [0.1, 0.15) is 17.2 Å². The molecule has 0 fully saturated rings. The number of phenols is 1. The maximum absolute atomic E-state index is 13.8. The van der Waals surface area contributed by atoms with Crippen LogP contribution in [0.2, 0.25) is 0 Å². The Hall–Kier alpha value is -2.27. The van der Waals surface area contributed by atoms with Crippen molar-refractivity contribution in [1.82, 2.24) is 0 Å². The van der Waals surface area contributed by atoms with Crippen LogP contribution in [0.15, 0.2) is 36.4 Å². The second-order valence-electron chi connectivity index (χ2n) is 4.96. The molecule has 0 bridgehead atoms. The van der Waals surface area contributed by atoms with Crippen molar-refractivity contribution in [3.8, 4) is 17.2 Å². The molecule has 0 amide bonds. The third-order valence-electron chi connectivity index (χ3n) is 3.63. The molecular formula is C16H15FO4. The summed E-state index contributed by atoms with van der Waals surface area (Å²) in [7, 11) is 1.39. The molecule has 1 aliphatic heterocycles. The number of ether oxygens (including phenoxy) is 2. The van der Waals surface area contributed by atoms with E-state index in [-0.39, 0.29) is 17.9 Å². The van der Waals surface area contributed by atoms with Crippen LogP contribution >= 0.6 is 0 Å². The van der Waals surface area contributed by atoms with E-state index in [4.69, 9.17) is 9.47 Å². The van der Waals surface area contributed by atoms with Gasteiger partial charge >= 0.3 is 0 Å². The molecule has 0 saturated heterocycles. The van der Waals surface area contributed by atoms with Crippen LogP contribution < -0.4 is 9.47 Å². The quantitative estimate of drug-likeness (QED) is 0.892. The molecule has 5 heteroatoms. The molecule has 1 aliphatic rings. The molecule has 0 unspecified atom stereocenters. The number of phenolic OH excluding ortho intramolecular Hbond substituents is 1. The molecule has 2 N–H and O–H groups in total. The third kappa shape index (κ3) is 2.40. The smallest absolute Gasteiger partial charge is 0.165 e. The largest absolute Gasteiger partial charge is 0.508 e. The summed E-state index contributed by atoms with van der Waals surface area (Å²) in [4.78, 5) is 0. The zero-order valence-corrected chi connectivity index (χ0v) is 11.4. The Morgan fingerprint density at radius 3 is 2.81 bits per heavy atom. The first kappa shape index (κ1) is 13.7. The van der Waals surface area contributed by atoms with Crippen molar-refractivity contribution in [2.24, 2.45) is 0 Å². The van der Waals surface area contributed by atoms with Crippen molar-refractivity contribution in [1.29, 1.82) is 0 Å². The summed E-state index contributed by atoms with van der Waals surface area (Å²) in [5.74, 6) is 0.224. The molecule has 2 aromatic carbocycles. The monoisotopic (exact) mass is 290 g/mol. The van der Waals surface area contributed by atoms with Gasteiger partial charge in [0.1, 0.15) is 17.6 Å². The van der Waals surface area contributed by atoms with Crippen molar-refractivity contribution in [2.45, 2.75) is 18.6 Å². The van der Waals surface area contributed by atoms with Gasteiger partial charge < -0.3 is 19.7 Å². The van der Waals surface area contributed by atoms with Gasteiger partial charge in [-0.05, 0) is 29.8 Å². The van der Waals surface area contributed by atoms with Gasteiger partial charge in [-0.1, -0.05) is 12.1 Å². The van der Waals surface area contributed by atoms with E-state index in [9.17, 15) is 14.6 Å². The summed E-state index contributed by atoms with van der Waals surface area (Å²) >= 11 is 0. The highest BCUT2D eigenvalue weighted by Crippen LogP contribution is 2.39. The number of aliphatic hydroxyl groups is 1. The van der Waals surface area contributed by atoms with Gasteiger partial charge in [0.05, 0.1) is 13.2 Å². The standard InChI is InChI=1S/C16H15FO4/c1-20-15-6-5-9(7-11(15)17)16-13(19)8-10-12(18)3-2-4-14(10)21-16/h2-7,13,16,18-19H,8H2,1H3/t13-,16-/m1/s1. The minimum absolute atomic E-state index is 0.0888. The van der Waals surface area contributed by atoms with Crippen molar-refractivity contribution in [3.63, 3.8) is 0 Å². The Kier molecular flexibility index (Phi) is 3.43. The second kappa shape index (κ2) is 5.26. The van der Waals surface area contributed by atoms with Crippen LogP contribution in [0, 0.1) is 5.82 Å². The van der Waals surface area contributed by atoms with Crippen LogP contribution in [0.25, 0.3) is 0 Å². The van der Waals surface area contributed by atoms with Gasteiger partial charge in [-0.2, -0.15) is 0 Å². The first-order valence-corrected chi connectivity index (χ1v) is 6.59. The predicted molar refractivity (Wildman–Crippen MR) is 74.1 cm³/mol. The van der Waals surface area contributed by atoms with Crippen molar-refractivity contribution < 1.29 is 24.1 Å². The molecule has 0 aliphatic carbocycles. The van der Waals surface area contributed by atoms with E-state index < -0.39 is 18.0 Å². The minimum atomic E-state index is -0.862. The first-order valence-electron chi connectivity index (χ1n) is 6.59. The van der Waals surface area contributed by atoms with E-state index in [0.29, 0.717) is 16.9 Å². The Bertz CT molecular complexity index is 671. The maximum Gasteiger partial charge on any atom is 0.165 e. The number of halogens is 1. The summed E-state index contributed by atoms with van der Waals surface area (Å²) in [5, 5.41) is 20.0. The van der Waals surface area contributed by atoms with Crippen LogP contribution in [-0.2, 0) is 6.42 Å². The highest BCUT2D eigenvalue weighted by Gasteiger charge is 2.31. The average Bonchev–Trinajstić information content (AvgIpc) is 2.47. The molecule has 4 nitrogen and oxygen atoms in total. The molecule has 0 radical (unpaired) electrons. The lowest BCUT2D eigenvalue weighted by Crippen LogP contribution is -2.30. The van der Waals surface area contributed by atoms with Crippen LogP contribution in [0.4, 0.5) is 4.39 Å². The fourth-order valence-electron chi connectivity index (χ4n) is 2.55. The van der Waals surface area contributed by atoms with Crippen LogP contribution in [-0.4, -0.2) is 23.4 Å². The van der Waals surface area contributed by atoms with Gasteiger partial charge in [0.2, 0.25) is 0 Å². The van der Waals surface area contributed by atoms with E-state index in [1.165, 1.54) is 19.2 Å². The SMILES string of the molecule is COc1ccc([C@H]2Oc3cccc(O)c3C[C@H]2O)cc1F. The second-order valence-corrected chi connectivity index (χ2v) is 4.96. The zero-order chi connectivity index (χ0) is 15.0. The molecule has 21 heavy (non-hydrogen) atoms. The lowest BCUT2D eigenvalue weighted by Gasteiger charge is -2.31. The number of aliphatic hydroxyl groups excluding tert-OH is 1. The summed E-state index contributed by atoms with van der Waals surface area (Å²) in [6.45, 7) is 0. The van der Waals surface area contributed by atoms with E-state index in [0.717, 1.165) is 0 Å². The van der Waals surface area contributed by atoms with E-state index in [1.54, 1.807) is 24.3 Å². The Balaban J connectivity index is 1.95. The van der Waals surface area contributed by atoms with Crippen LogP contribution in [0.3, 0.4) is 0 Å². The Labute approximate surface area is 121 Å². The number of hydrogen-bond donors (Lipinski definition) is 2. The highest BCUT2D eigenvalue weighted by molar-refractivity contribution is 5.46. The van der Waals surface area contributed by atoms with Gasteiger partial charge in [0, 0.05) is 12.0 Å². The molecular weight excluding hydrogens is 275 g/mol. The van der Waals surface area contributed by atoms with Gasteiger partial charge in [-0.25, -0.2) is 4.39 Å². The first-order chi connectivity index (χ1) is 10.1. The minimum Gasteiger partial charge on any atom is -0.508 e. The highest BCUT2D eigenvalue weighted by atomic mass is 19.1. The lowest BCUT2D eigenvalue weighted by atomic mass is 9.94. The van der Waals surface area contributed by atoms with Crippen LogP contribution in [0.5, 0.6) is 17.2 Å². The summed E-state index contributed by atoms with van der Waals surface area (Å²) in [6, 6.07) is 9.37. The average molecular weight is 290 g/mol. The van der Waals surface area contributed by atoms with Gasteiger partial charge in [0.25, 0.3) is 0 Å². The fourth-order valence-corrected chi connectivity index (χ4v) is 2.55. The predicted octanol–water partition coefficient (Wildman–Crippen LogP) is 2.58. The fraction of sp³-hybridized carbons (Fsp3) is 0.250. The Morgan fingerprint density at radius 2 is 2.10 bits per heavy atom. The number of methoxy groups -OCH3 is 1. The van der Waals surface area contributed by atoms with Gasteiger partial charge in [-0.15, -0.1) is 0 Å². The molecule has 0 spiro atoms. The summed E-state index contributed by atoms with van der Waals surface area (Å²) in [5.41, 5.74) is 1.09. The topological polar surface area (TPSA) is 58.9 Å². The molecule has 110 valence electrons. The van der Waals surface area contributed by atoms with Gasteiger partial charge in [0.15, 0.2) is 11.6 Å². The normalized spacial score (nSPS) is 20.5. The van der Waals surface area contributed by atoms with E-state index in [2.05, 4.69) is 0 Å². The lowest BCUT2D eigenvalue weighted by molar-refractivity contribution is 0.0198. The molecule has 2 aromatic rings. The molecule has 3 rings (SSSR count). The van der Waals surface area contributed by atoms with E-state index >= 15 is 0 Å². The molecule has 0 saturated carbocycles. The Morgan fingerprint density at radius 1 is 1.29 bits per heavy atom. The summed E-state index contributed by atoms with van der Waals surface area (Å²) in [6.07, 6.45) is -1.29. The molecule has 2 atom stereocenters. The van der Waals surface area contributed by atoms with Crippen molar-refractivity contribution in [2.75, 3.05) is 7.11 Å². The molecule has 0 aromatic heterocycles. The number of rotatable bonds is 2. The molecule has 1 heterocycles. The number of aromatic hydroxyl groups is 1. The van der Waals surface area contributed by atoms with Crippen molar-refractivity contribution >= 4 is 0 Å². The number of benzene rings is 2. The van der Waals surface area contributed by atoms with Crippen molar-refractivity contribution in [3.05, 3.63) is 53.3 Å². The third-order valence-corrected chi connectivity index (χ3v) is 3.63.